The second-order valence-corrected chi connectivity index (χ2v) is 4.77. The summed E-state index contributed by atoms with van der Waals surface area (Å²) in [6.45, 7) is 0.104. The molecule has 0 radical (unpaired) electrons. The maximum atomic E-state index is 11.3. The average molecular weight is 326 g/mol. The molecular weight excluding hydrogens is 312 g/mol. The molecule has 24 heavy (non-hydrogen) atoms. The number of nitrogens with zero attached hydrogens (tertiary/aromatic N) is 5. The zero-order valence-electron chi connectivity index (χ0n) is 12.8. The zero-order chi connectivity index (χ0) is 16.9. The van der Waals surface area contributed by atoms with Crippen molar-refractivity contribution >= 4 is 11.5 Å². The van der Waals surface area contributed by atoms with Crippen molar-refractivity contribution in [1.29, 1.82) is 0 Å². The van der Waals surface area contributed by atoms with E-state index in [1.807, 2.05) is 0 Å². The fourth-order valence-electron chi connectivity index (χ4n) is 1.99. The number of oxime groups is 1. The lowest BCUT2D eigenvalue weighted by Crippen LogP contribution is -2.13. The molecule has 9 nitrogen and oxygen atoms in total. The summed E-state index contributed by atoms with van der Waals surface area (Å²) in [5.74, 6) is -0.128. The van der Waals surface area contributed by atoms with Crippen LogP contribution < -0.4 is 11.5 Å². The van der Waals surface area contributed by atoms with E-state index in [1.165, 1.54) is 4.74 Å². The molecule has 3 aromatic heterocycles. The monoisotopic (exact) mass is 326 g/mol. The molecule has 0 spiro atoms. The fourth-order valence-corrected chi connectivity index (χ4v) is 1.99. The molecule has 0 atom stereocenters. The number of nitrogens with two attached hydrogens (primary N) is 1. The Morgan fingerprint density at radius 3 is 2.83 bits per heavy atom. The number of rotatable bonds is 5. The van der Waals surface area contributed by atoms with Crippen LogP contribution in [0.25, 0.3) is 0 Å². The molecule has 0 amide bonds. The molecule has 2 N–H and O–H groups in total. The molecular formula is C15H14N6O3. The van der Waals surface area contributed by atoms with E-state index in [-0.39, 0.29) is 18.1 Å². The minimum atomic E-state index is -0.728. The van der Waals surface area contributed by atoms with Crippen molar-refractivity contribution in [3.63, 3.8) is 0 Å². The molecule has 0 aliphatic carbocycles. The van der Waals surface area contributed by atoms with Gasteiger partial charge >= 0.3 is 5.76 Å². The van der Waals surface area contributed by atoms with Gasteiger partial charge in [0.25, 0.3) is 0 Å². The van der Waals surface area contributed by atoms with Crippen LogP contribution in [0, 0.1) is 0 Å². The summed E-state index contributed by atoms with van der Waals surface area (Å²) in [5.41, 5.74) is 7.00. The molecule has 3 heterocycles. The zero-order valence-corrected chi connectivity index (χ0v) is 12.8. The lowest BCUT2D eigenvalue weighted by atomic mass is 10.2. The van der Waals surface area contributed by atoms with Gasteiger partial charge in [0.05, 0.1) is 11.4 Å². The predicted molar refractivity (Wildman–Crippen MR) is 85.1 cm³/mol. The maximum Gasteiger partial charge on any atom is 0.460 e. The molecule has 0 unspecified atom stereocenters. The van der Waals surface area contributed by atoms with E-state index in [2.05, 4.69) is 20.1 Å². The van der Waals surface area contributed by atoms with Crippen molar-refractivity contribution in [3.8, 4) is 0 Å². The number of aryl methyl sites for hydroxylation is 1. The Hall–Kier alpha value is -3.49. The lowest BCUT2D eigenvalue weighted by Gasteiger charge is -2.05. The quantitative estimate of drug-likeness (QED) is 0.541. The van der Waals surface area contributed by atoms with Crippen LogP contribution in [0.2, 0.25) is 0 Å². The highest BCUT2D eigenvalue weighted by Gasteiger charge is 2.17. The average Bonchev–Trinajstić information content (AvgIpc) is 2.91. The molecule has 3 aromatic rings. The summed E-state index contributed by atoms with van der Waals surface area (Å²) >= 11 is 0. The Morgan fingerprint density at radius 2 is 2.17 bits per heavy atom. The van der Waals surface area contributed by atoms with Crippen LogP contribution in [0.3, 0.4) is 0 Å². The van der Waals surface area contributed by atoms with E-state index in [9.17, 15) is 4.79 Å². The smallest absolute Gasteiger partial charge is 0.389 e. The van der Waals surface area contributed by atoms with E-state index >= 15 is 0 Å². The van der Waals surface area contributed by atoms with E-state index < -0.39 is 5.76 Å². The second-order valence-electron chi connectivity index (χ2n) is 4.77. The van der Waals surface area contributed by atoms with Crippen molar-refractivity contribution < 1.29 is 9.36 Å². The Kier molecular flexibility index (Phi) is 4.32. The third-order valence-corrected chi connectivity index (χ3v) is 3.03. The van der Waals surface area contributed by atoms with Crippen molar-refractivity contribution in [2.75, 3.05) is 5.73 Å². The van der Waals surface area contributed by atoms with Gasteiger partial charge in [-0.1, -0.05) is 17.3 Å². The first-order valence-electron chi connectivity index (χ1n) is 7.01. The van der Waals surface area contributed by atoms with Crippen LogP contribution in [0.1, 0.15) is 17.2 Å². The third-order valence-electron chi connectivity index (χ3n) is 3.03. The van der Waals surface area contributed by atoms with Gasteiger partial charge in [-0.3, -0.25) is 4.98 Å². The molecule has 0 fully saturated rings. The first kappa shape index (κ1) is 15.4. The summed E-state index contributed by atoms with van der Waals surface area (Å²) in [6.07, 6.45) is 1.60. The summed E-state index contributed by atoms with van der Waals surface area (Å²) in [5, 5.41) is 4.05. The van der Waals surface area contributed by atoms with Gasteiger partial charge < -0.3 is 15.1 Å². The van der Waals surface area contributed by atoms with E-state index in [0.29, 0.717) is 17.2 Å². The molecule has 122 valence electrons. The standard InChI is InChI=1S/C15H14N6O3/c1-21-14(19-15(22)24-21)13(11-6-2-3-8-17-11)20-23-9-10-5-4-7-12(16)18-10/h2-8H,9H2,1H3,(H2,16,18)/b20-13+. The highest BCUT2D eigenvalue weighted by molar-refractivity contribution is 6.08. The third kappa shape index (κ3) is 3.46. The molecule has 0 saturated heterocycles. The van der Waals surface area contributed by atoms with Gasteiger partial charge in [0.2, 0.25) is 5.82 Å². The fraction of sp³-hybridized carbons (Fsp3) is 0.133. The SMILES string of the molecule is Cn1oc(=O)nc1/C(=N/OCc1cccc(N)n1)c1ccccn1. The molecule has 0 aliphatic rings. The Labute approximate surface area is 136 Å². The molecule has 9 heteroatoms. The first-order chi connectivity index (χ1) is 11.6. The minimum absolute atomic E-state index is 0.104. The van der Waals surface area contributed by atoms with Gasteiger partial charge in [-0.25, -0.2) is 9.78 Å². The topological polar surface area (TPSA) is 121 Å². The molecule has 0 aliphatic heterocycles. The van der Waals surface area contributed by atoms with Crippen LogP contribution in [-0.4, -0.2) is 25.4 Å². The summed E-state index contributed by atoms with van der Waals surface area (Å²) < 4.78 is 6.06. The van der Waals surface area contributed by atoms with E-state index in [0.717, 1.165) is 0 Å². The summed E-state index contributed by atoms with van der Waals surface area (Å²) in [4.78, 5) is 28.8. The number of hydrogen-bond donors (Lipinski definition) is 1. The first-order valence-corrected chi connectivity index (χ1v) is 7.01. The van der Waals surface area contributed by atoms with Gasteiger partial charge in [0.1, 0.15) is 5.82 Å². The minimum Gasteiger partial charge on any atom is -0.389 e. The lowest BCUT2D eigenvalue weighted by molar-refractivity contribution is 0.127. The number of pyridine rings is 2. The molecule has 0 aromatic carbocycles. The van der Waals surface area contributed by atoms with Crippen molar-refractivity contribution in [2.24, 2.45) is 12.2 Å². The summed E-state index contributed by atoms with van der Waals surface area (Å²) in [6, 6.07) is 10.5. The van der Waals surface area contributed by atoms with Crippen LogP contribution in [-0.2, 0) is 18.5 Å². The van der Waals surface area contributed by atoms with Crippen molar-refractivity contribution in [3.05, 3.63) is 70.4 Å². The Balaban J connectivity index is 1.90. The van der Waals surface area contributed by atoms with Crippen molar-refractivity contribution in [1.82, 2.24) is 19.7 Å². The van der Waals surface area contributed by atoms with Crippen molar-refractivity contribution in [2.45, 2.75) is 6.61 Å². The van der Waals surface area contributed by atoms with Gasteiger partial charge in [0, 0.05) is 13.2 Å². The highest BCUT2D eigenvalue weighted by atomic mass is 16.6. The van der Waals surface area contributed by atoms with Gasteiger partial charge in [-0.15, -0.1) is 0 Å². The van der Waals surface area contributed by atoms with Gasteiger partial charge in [-0.05, 0) is 24.3 Å². The number of hydrogen-bond acceptors (Lipinski definition) is 8. The Bertz CT molecular complexity index is 916. The molecule has 0 bridgehead atoms. The Morgan fingerprint density at radius 1 is 1.29 bits per heavy atom. The highest BCUT2D eigenvalue weighted by Crippen LogP contribution is 2.07. The van der Waals surface area contributed by atoms with Crippen LogP contribution in [0.5, 0.6) is 0 Å². The number of anilines is 1. The van der Waals surface area contributed by atoms with E-state index in [1.54, 1.807) is 49.6 Å². The molecule has 3 rings (SSSR count). The summed E-state index contributed by atoms with van der Waals surface area (Å²) in [7, 11) is 1.54. The van der Waals surface area contributed by atoms with Gasteiger partial charge in [-0.2, -0.15) is 9.72 Å². The number of nitrogen functional groups attached to an aromatic ring is 1. The normalized spacial score (nSPS) is 11.5. The second kappa shape index (κ2) is 6.73. The van der Waals surface area contributed by atoms with Gasteiger partial charge in [0.15, 0.2) is 12.3 Å². The number of aromatic nitrogens is 4. The predicted octanol–water partition coefficient (Wildman–Crippen LogP) is 0.715. The van der Waals surface area contributed by atoms with Crippen LogP contribution in [0.4, 0.5) is 5.82 Å². The largest absolute Gasteiger partial charge is 0.460 e. The van der Waals surface area contributed by atoms with E-state index in [4.69, 9.17) is 15.1 Å². The maximum absolute atomic E-state index is 11.3. The van der Waals surface area contributed by atoms with Crippen LogP contribution >= 0.6 is 0 Å². The van der Waals surface area contributed by atoms with Crippen LogP contribution in [0.15, 0.2) is 57.1 Å². The molecule has 0 saturated carbocycles.